The molecule has 112 valence electrons. The molecule has 0 spiro atoms. The van der Waals surface area contributed by atoms with E-state index in [1.807, 2.05) is 0 Å². The van der Waals surface area contributed by atoms with Crippen molar-refractivity contribution < 1.29 is 14.2 Å². The van der Waals surface area contributed by atoms with Gasteiger partial charge in [0.05, 0.1) is 39.6 Å². The van der Waals surface area contributed by atoms with Gasteiger partial charge in [-0.15, -0.1) is 0 Å². The molecule has 6 nitrogen and oxygen atoms in total. The minimum atomic E-state index is 0.373. The maximum atomic E-state index is 8.06. The van der Waals surface area contributed by atoms with Crippen molar-refractivity contribution in [2.75, 3.05) is 46.2 Å². The minimum absolute atomic E-state index is 0.373. The maximum absolute atomic E-state index is 8.06. The molecule has 0 N–H and O–H groups in total. The van der Waals surface area contributed by atoms with Crippen molar-refractivity contribution in [3.63, 3.8) is 0 Å². The summed E-state index contributed by atoms with van der Waals surface area (Å²) in [5.74, 6) is 2.28. The fourth-order valence-corrected chi connectivity index (χ4v) is 2.91. The van der Waals surface area contributed by atoms with Crippen LogP contribution in [0.5, 0.6) is 0 Å². The van der Waals surface area contributed by atoms with Crippen molar-refractivity contribution in [3.05, 3.63) is 22.6 Å². The van der Waals surface area contributed by atoms with Gasteiger partial charge in [-0.05, 0) is 36.1 Å². The van der Waals surface area contributed by atoms with Gasteiger partial charge in [-0.2, -0.15) is 0 Å². The summed E-state index contributed by atoms with van der Waals surface area (Å²) in [6, 6.07) is 0. The number of nitrogens with zero attached hydrogens (tertiary/aromatic N) is 3. The third-order valence-electron chi connectivity index (χ3n) is 3.89. The summed E-state index contributed by atoms with van der Waals surface area (Å²) >= 11 is 0. The van der Waals surface area contributed by atoms with Gasteiger partial charge in [0.15, 0.2) is 0 Å². The quantitative estimate of drug-likeness (QED) is 0.192. The number of fused-ring (bicyclic) bond motifs is 2. The lowest BCUT2D eigenvalue weighted by Gasteiger charge is -2.17. The molecular weight excluding hydrogens is 258 g/mol. The molecule has 1 saturated carbocycles. The van der Waals surface area contributed by atoms with Gasteiger partial charge in [0, 0.05) is 11.5 Å². The average Bonchev–Trinajstić information content (AvgIpc) is 3.07. The number of hydrogen-bond acceptors (Lipinski definition) is 4. The van der Waals surface area contributed by atoms with Crippen molar-refractivity contribution in [2.24, 2.45) is 22.9 Å². The Labute approximate surface area is 119 Å². The fraction of sp³-hybridized carbons (Fsp3) is 0.857. The van der Waals surface area contributed by atoms with Gasteiger partial charge in [-0.25, -0.2) is 0 Å². The van der Waals surface area contributed by atoms with Crippen LogP contribution < -0.4 is 0 Å². The minimum Gasteiger partial charge on any atom is -0.379 e. The van der Waals surface area contributed by atoms with E-state index in [9.17, 15) is 0 Å². The van der Waals surface area contributed by atoms with Gasteiger partial charge in [0.1, 0.15) is 0 Å². The molecule has 2 aliphatic rings. The van der Waals surface area contributed by atoms with Crippen molar-refractivity contribution in [2.45, 2.75) is 12.8 Å². The Bertz CT molecular complexity index is 356. The number of rotatable bonds is 11. The third kappa shape index (κ3) is 5.13. The lowest BCUT2D eigenvalue weighted by molar-refractivity contribution is 0.00649. The van der Waals surface area contributed by atoms with E-state index in [0.29, 0.717) is 45.5 Å². The van der Waals surface area contributed by atoms with Gasteiger partial charge >= 0.3 is 0 Å². The van der Waals surface area contributed by atoms with E-state index in [1.165, 1.54) is 12.8 Å². The molecule has 1 fully saturated rings. The molecule has 0 heterocycles. The highest BCUT2D eigenvalue weighted by atomic mass is 16.5. The Morgan fingerprint density at radius 1 is 1.00 bits per heavy atom. The second kappa shape index (κ2) is 8.97. The van der Waals surface area contributed by atoms with E-state index in [-0.39, 0.29) is 0 Å². The lowest BCUT2D eigenvalue weighted by atomic mass is 9.95. The zero-order chi connectivity index (χ0) is 14.0. The molecule has 3 atom stereocenters. The first-order chi connectivity index (χ1) is 9.90. The SMILES string of the molecule is [N-]=[N+]=NCCOCCOCCOC[C@H]1C[C@H]2C=C[C@@H]1C2. The first kappa shape index (κ1) is 15.3. The lowest BCUT2D eigenvalue weighted by Crippen LogP contribution is -2.17. The highest BCUT2D eigenvalue weighted by Gasteiger charge is 2.35. The van der Waals surface area contributed by atoms with Crippen LogP contribution in [-0.2, 0) is 14.2 Å². The summed E-state index contributed by atoms with van der Waals surface area (Å²) in [6.07, 6.45) is 7.33. The molecule has 2 aliphatic carbocycles. The van der Waals surface area contributed by atoms with Gasteiger partial charge < -0.3 is 14.2 Å². The van der Waals surface area contributed by atoms with Crippen LogP contribution in [-0.4, -0.2) is 46.2 Å². The van der Waals surface area contributed by atoms with Crippen LogP contribution in [0.25, 0.3) is 10.4 Å². The Hall–Kier alpha value is -1.07. The normalized spacial score (nSPS) is 26.9. The summed E-state index contributed by atoms with van der Waals surface area (Å²) in [5.41, 5.74) is 8.06. The van der Waals surface area contributed by atoms with Crippen LogP contribution in [0.15, 0.2) is 17.3 Å². The number of hydrogen-bond donors (Lipinski definition) is 0. The standard InChI is InChI=1S/C14H23N3O3/c15-17-16-3-4-18-5-6-19-7-8-20-11-14-10-12-1-2-13(14)9-12/h1-2,12-14H,3-11H2/t12-,13+,14+/m0/s1. The van der Waals surface area contributed by atoms with Crippen molar-refractivity contribution >= 4 is 0 Å². The molecule has 0 aromatic carbocycles. The Morgan fingerprint density at radius 2 is 1.75 bits per heavy atom. The number of allylic oxidation sites excluding steroid dienone is 2. The van der Waals surface area contributed by atoms with Crippen molar-refractivity contribution in [1.82, 2.24) is 0 Å². The van der Waals surface area contributed by atoms with Crippen LogP contribution in [0.3, 0.4) is 0 Å². The molecule has 0 amide bonds. The van der Waals surface area contributed by atoms with Crippen LogP contribution in [0.2, 0.25) is 0 Å². The van der Waals surface area contributed by atoms with Crippen LogP contribution in [0.4, 0.5) is 0 Å². The summed E-state index contributed by atoms with van der Waals surface area (Å²) < 4.78 is 16.3. The monoisotopic (exact) mass is 281 g/mol. The van der Waals surface area contributed by atoms with E-state index in [2.05, 4.69) is 22.2 Å². The van der Waals surface area contributed by atoms with Crippen molar-refractivity contribution in [1.29, 1.82) is 0 Å². The predicted molar refractivity (Wildman–Crippen MR) is 75.3 cm³/mol. The van der Waals surface area contributed by atoms with Gasteiger partial charge in [0.25, 0.3) is 0 Å². The predicted octanol–water partition coefficient (Wildman–Crippen LogP) is 2.56. The molecule has 0 radical (unpaired) electrons. The number of ether oxygens (including phenoxy) is 3. The first-order valence-corrected chi connectivity index (χ1v) is 7.32. The summed E-state index contributed by atoms with van der Waals surface area (Å²) in [5, 5.41) is 3.37. The molecule has 0 unspecified atom stereocenters. The molecule has 0 aromatic rings. The Morgan fingerprint density at radius 3 is 2.40 bits per heavy atom. The second-order valence-corrected chi connectivity index (χ2v) is 5.29. The third-order valence-corrected chi connectivity index (χ3v) is 3.89. The maximum Gasteiger partial charge on any atom is 0.0701 e. The molecule has 2 bridgehead atoms. The Balaban J connectivity index is 1.34. The zero-order valence-electron chi connectivity index (χ0n) is 11.8. The topological polar surface area (TPSA) is 76.5 Å². The molecule has 0 saturated heterocycles. The molecule has 0 aliphatic heterocycles. The molecule has 2 rings (SSSR count). The van der Waals surface area contributed by atoms with E-state index < -0.39 is 0 Å². The molecule has 0 aromatic heterocycles. The molecule has 20 heavy (non-hydrogen) atoms. The van der Waals surface area contributed by atoms with Crippen LogP contribution >= 0.6 is 0 Å². The highest BCUT2D eigenvalue weighted by molar-refractivity contribution is 5.09. The molecular formula is C14H23N3O3. The van der Waals surface area contributed by atoms with E-state index >= 15 is 0 Å². The van der Waals surface area contributed by atoms with E-state index in [0.717, 1.165) is 18.4 Å². The fourth-order valence-electron chi connectivity index (χ4n) is 2.91. The van der Waals surface area contributed by atoms with Crippen LogP contribution in [0.1, 0.15) is 12.8 Å². The van der Waals surface area contributed by atoms with E-state index in [1.54, 1.807) is 0 Å². The molecule has 6 heteroatoms. The van der Waals surface area contributed by atoms with E-state index in [4.69, 9.17) is 19.7 Å². The summed E-state index contributed by atoms with van der Waals surface area (Å²) in [4.78, 5) is 2.64. The van der Waals surface area contributed by atoms with Crippen LogP contribution in [0, 0.1) is 17.8 Å². The largest absolute Gasteiger partial charge is 0.379 e. The smallest absolute Gasteiger partial charge is 0.0701 e. The zero-order valence-corrected chi connectivity index (χ0v) is 11.8. The summed E-state index contributed by atoms with van der Waals surface area (Å²) in [6.45, 7) is 4.01. The van der Waals surface area contributed by atoms with Gasteiger partial charge in [-0.3, -0.25) is 0 Å². The first-order valence-electron chi connectivity index (χ1n) is 7.32. The highest BCUT2D eigenvalue weighted by Crippen LogP contribution is 2.43. The summed E-state index contributed by atoms with van der Waals surface area (Å²) in [7, 11) is 0. The van der Waals surface area contributed by atoms with Gasteiger partial charge in [-0.1, -0.05) is 17.3 Å². The average molecular weight is 281 g/mol. The second-order valence-electron chi connectivity index (χ2n) is 5.29. The van der Waals surface area contributed by atoms with Crippen molar-refractivity contribution in [3.8, 4) is 0 Å². The Kier molecular flexibility index (Phi) is 6.88. The van der Waals surface area contributed by atoms with Gasteiger partial charge in [0.2, 0.25) is 0 Å². The number of azide groups is 1.